The average Bonchev–Trinajstić information content (AvgIpc) is 3.48. The Morgan fingerprint density at radius 1 is 1.20 bits per heavy atom. The first-order valence-electron chi connectivity index (χ1n) is 9.66. The first kappa shape index (κ1) is 18.1. The summed E-state index contributed by atoms with van der Waals surface area (Å²) in [5.74, 6) is 1.50. The first-order valence-corrected chi connectivity index (χ1v) is 9.66. The number of carbonyl (C=O) groups excluding carboxylic acids is 1. The van der Waals surface area contributed by atoms with E-state index >= 15 is 0 Å². The van der Waals surface area contributed by atoms with E-state index in [1.165, 1.54) is 18.4 Å². The fourth-order valence-electron chi connectivity index (χ4n) is 3.22. The molecule has 0 bridgehead atoms. The van der Waals surface area contributed by atoms with Gasteiger partial charge in [-0.3, -0.25) is 4.79 Å². The zero-order valence-electron chi connectivity index (χ0n) is 15.6. The van der Waals surface area contributed by atoms with Crippen LogP contribution in [0, 0.1) is 0 Å². The number of amides is 1. The van der Waals surface area contributed by atoms with Crippen LogP contribution in [0.5, 0.6) is 0 Å². The van der Waals surface area contributed by atoms with Crippen molar-refractivity contribution in [1.29, 1.82) is 0 Å². The van der Waals surface area contributed by atoms with Gasteiger partial charge in [-0.15, -0.1) is 0 Å². The van der Waals surface area contributed by atoms with Crippen LogP contribution in [0.1, 0.15) is 68.1 Å². The normalized spacial score (nSPS) is 19.8. The summed E-state index contributed by atoms with van der Waals surface area (Å²) < 4.78 is 0. The highest BCUT2D eigenvalue weighted by atomic mass is 16.2. The molecule has 1 aliphatic carbocycles. The van der Waals surface area contributed by atoms with Crippen molar-refractivity contribution in [3.63, 3.8) is 0 Å². The van der Waals surface area contributed by atoms with Crippen LogP contribution < -0.4 is 0 Å². The molecular formula is C20H30N4O. The third-order valence-corrected chi connectivity index (χ3v) is 5.23. The standard InChI is InChI=1S/C20H30N4O/c1-3-16(2)6-4-9-23-10-5-11-24(13-12-23)20(25)18-14-21-19(22-15-18)17-7-8-17/h6,14-15,17H,3-5,7-13H2,1-2H3/b16-6+. The lowest BCUT2D eigenvalue weighted by molar-refractivity contribution is 0.0760. The van der Waals surface area contributed by atoms with Gasteiger partial charge in [-0.25, -0.2) is 9.97 Å². The molecule has 2 heterocycles. The Bertz CT molecular complexity index is 607. The molecule has 0 spiro atoms. The Labute approximate surface area is 151 Å². The third-order valence-electron chi connectivity index (χ3n) is 5.23. The van der Waals surface area contributed by atoms with Gasteiger partial charge in [0, 0.05) is 44.5 Å². The van der Waals surface area contributed by atoms with Gasteiger partial charge in [-0.2, -0.15) is 0 Å². The Balaban J connectivity index is 1.50. The maximum Gasteiger partial charge on any atom is 0.257 e. The predicted molar refractivity (Wildman–Crippen MR) is 99.6 cm³/mol. The second kappa shape index (κ2) is 8.56. The van der Waals surface area contributed by atoms with Crippen LogP contribution in [0.4, 0.5) is 0 Å². The largest absolute Gasteiger partial charge is 0.337 e. The molecule has 5 heteroatoms. The van der Waals surface area contributed by atoms with Crippen LogP contribution in [0.3, 0.4) is 0 Å². The molecule has 0 atom stereocenters. The Kier molecular flexibility index (Phi) is 6.19. The third kappa shape index (κ3) is 5.11. The maximum atomic E-state index is 12.7. The van der Waals surface area contributed by atoms with E-state index in [1.807, 2.05) is 4.90 Å². The van der Waals surface area contributed by atoms with Crippen molar-refractivity contribution in [2.45, 2.75) is 51.9 Å². The highest BCUT2D eigenvalue weighted by Gasteiger charge is 2.27. The fourth-order valence-corrected chi connectivity index (χ4v) is 3.22. The molecule has 0 radical (unpaired) electrons. The van der Waals surface area contributed by atoms with Crippen molar-refractivity contribution in [1.82, 2.24) is 19.8 Å². The Hall–Kier alpha value is -1.75. The first-order chi connectivity index (χ1) is 12.2. The van der Waals surface area contributed by atoms with Crippen molar-refractivity contribution in [3.05, 3.63) is 35.4 Å². The molecule has 1 aliphatic heterocycles. The molecule has 1 saturated heterocycles. The maximum absolute atomic E-state index is 12.7. The van der Waals surface area contributed by atoms with Crippen LogP contribution in [-0.2, 0) is 0 Å². The molecule has 1 saturated carbocycles. The fraction of sp³-hybridized carbons (Fsp3) is 0.650. The number of hydrogen-bond acceptors (Lipinski definition) is 4. The van der Waals surface area contributed by atoms with E-state index in [2.05, 4.69) is 34.8 Å². The van der Waals surface area contributed by atoms with E-state index in [4.69, 9.17) is 0 Å². The molecule has 3 rings (SSSR count). The smallest absolute Gasteiger partial charge is 0.257 e. The quantitative estimate of drug-likeness (QED) is 0.745. The summed E-state index contributed by atoms with van der Waals surface area (Å²) in [6.45, 7) is 9.11. The predicted octanol–water partition coefficient (Wildman–Crippen LogP) is 3.25. The molecule has 2 fully saturated rings. The number of rotatable bonds is 6. The van der Waals surface area contributed by atoms with Crippen molar-refractivity contribution in [2.75, 3.05) is 32.7 Å². The summed E-state index contributed by atoms with van der Waals surface area (Å²) in [5.41, 5.74) is 2.08. The lowest BCUT2D eigenvalue weighted by Crippen LogP contribution is -2.35. The molecule has 1 aromatic heterocycles. The SMILES string of the molecule is CC/C(C)=C/CCN1CCCN(C(=O)c2cnc(C3CC3)nc2)CC1. The van der Waals surface area contributed by atoms with E-state index in [0.717, 1.165) is 57.8 Å². The lowest BCUT2D eigenvalue weighted by atomic mass is 10.2. The second-order valence-electron chi connectivity index (χ2n) is 7.28. The molecular weight excluding hydrogens is 312 g/mol. The average molecular weight is 342 g/mol. The van der Waals surface area contributed by atoms with Gasteiger partial charge in [0.05, 0.1) is 5.56 Å². The molecule has 5 nitrogen and oxygen atoms in total. The molecule has 25 heavy (non-hydrogen) atoms. The van der Waals surface area contributed by atoms with Gasteiger partial charge in [-0.05, 0) is 45.6 Å². The van der Waals surface area contributed by atoms with E-state index in [9.17, 15) is 4.79 Å². The van der Waals surface area contributed by atoms with Gasteiger partial charge in [0.1, 0.15) is 5.82 Å². The topological polar surface area (TPSA) is 49.3 Å². The zero-order chi connectivity index (χ0) is 17.6. The summed E-state index contributed by atoms with van der Waals surface area (Å²) in [4.78, 5) is 25.9. The van der Waals surface area contributed by atoms with Crippen LogP contribution in [0.15, 0.2) is 24.0 Å². The number of nitrogens with zero attached hydrogens (tertiary/aromatic N) is 4. The minimum atomic E-state index is 0.0749. The minimum Gasteiger partial charge on any atom is -0.337 e. The zero-order valence-corrected chi connectivity index (χ0v) is 15.6. The highest BCUT2D eigenvalue weighted by Crippen LogP contribution is 2.37. The van der Waals surface area contributed by atoms with Crippen molar-refractivity contribution in [2.24, 2.45) is 0 Å². The monoisotopic (exact) mass is 342 g/mol. The summed E-state index contributed by atoms with van der Waals surface area (Å²) in [5, 5.41) is 0. The summed E-state index contributed by atoms with van der Waals surface area (Å²) >= 11 is 0. The Morgan fingerprint density at radius 2 is 1.96 bits per heavy atom. The van der Waals surface area contributed by atoms with Crippen molar-refractivity contribution >= 4 is 5.91 Å². The number of allylic oxidation sites excluding steroid dienone is 1. The van der Waals surface area contributed by atoms with E-state index in [-0.39, 0.29) is 5.91 Å². The van der Waals surface area contributed by atoms with Gasteiger partial charge >= 0.3 is 0 Å². The second-order valence-corrected chi connectivity index (χ2v) is 7.28. The van der Waals surface area contributed by atoms with Gasteiger partial charge in [0.25, 0.3) is 5.91 Å². The molecule has 136 valence electrons. The molecule has 0 aromatic carbocycles. The lowest BCUT2D eigenvalue weighted by Gasteiger charge is -2.21. The van der Waals surface area contributed by atoms with Gasteiger partial charge in [0.2, 0.25) is 0 Å². The van der Waals surface area contributed by atoms with Gasteiger partial charge in [-0.1, -0.05) is 18.6 Å². The van der Waals surface area contributed by atoms with Crippen molar-refractivity contribution < 1.29 is 4.79 Å². The minimum absolute atomic E-state index is 0.0749. The van der Waals surface area contributed by atoms with Crippen LogP contribution >= 0.6 is 0 Å². The molecule has 1 amide bonds. The molecule has 0 N–H and O–H groups in total. The van der Waals surface area contributed by atoms with E-state index in [1.54, 1.807) is 12.4 Å². The number of hydrogen-bond donors (Lipinski definition) is 0. The Morgan fingerprint density at radius 3 is 2.64 bits per heavy atom. The molecule has 2 aliphatic rings. The van der Waals surface area contributed by atoms with Crippen molar-refractivity contribution in [3.8, 4) is 0 Å². The summed E-state index contributed by atoms with van der Waals surface area (Å²) in [6, 6.07) is 0. The van der Waals surface area contributed by atoms with Gasteiger partial charge in [0.15, 0.2) is 0 Å². The van der Waals surface area contributed by atoms with Crippen LogP contribution in [0.25, 0.3) is 0 Å². The molecule has 1 aromatic rings. The van der Waals surface area contributed by atoms with Crippen LogP contribution in [0.2, 0.25) is 0 Å². The highest BCUT2D eigenvalue weighted by molar-refractivity contribution is 5.93. The van der Waals surface area contributed by atoms with E-state index < -0.39 is 0 Å². The summed E-state index contributed by atoms with van der Waals surface area (Å²) in [7, 11) is 0. The van der Waals surface area contributed by atoms with E-state index in [0.29, 0.717) is 11.5 Å². The number of aromatic nitrogens is 2. The van der Waals surface area contributed by atoms with Crippen LogP contribution in [-0.4, -0.2) is 58.4 Å². The van der Waals surface area contributed by atoms with Gasteiger partial charge < -0.3 is 9.80 Å². The molecule has 0 unspecified atom stereocenters. The summed E-state index contributed by atoms with van der Waals surface area (Å²) in [6.07, 6.45) is 11.4. The number of carbonyl (C=O) groups is 1.